The Labute approximate surface area is 179 Å². The first-order chi connectivity index (χ1) is 14.6. The molecular weight excluding hydrogens is 400 g/mol. The number of carbonyl (C=O) groups is 2. The fraction of sp³-hybridized carbons (Fsp3) is 0.348. The predicted octanol–water partition coefficient (Wildman–Crippen LogP) is 4.23. The van der Waals surface area contributed by atoms with Crippen molar-refractivity contribution in [3.63, 3.8) is 0 Å². The van der Waals surface area contributed by atoms with E-state index in [0.717, 1.165) is 36.7 Å². The van der Waals surface area contributed by atoms with Crippen LogP contribution in [0.1, 0.15) is 44.0 Å². The van der Waals surface area contributed by atoms with Crippen LogP contribution in [-0.2, 0) is 16.1 Å². The number of hydrogen-bond acceptors (Lipinski definition) is 3. The van der Waals surface area contributed by atoms with E-state index in [1.54, 1.807) is 29.2 Å². The molecule has 1 aliphatic heterocycles. The number of rotatable bonds is 3. The Morgan fingerprint density at radius 3 is 2.53 bits per heavy atom. The summed E-state index contributed by atoms with van der Waals surface area (Å²) in [5.41, 5.74) is 2.30. The maximum Gasteiger partial charge on any atom is 0.251 e. The summed E-state index contributed by atoms with van der Waals surface area (Å²) in [7, 11) is 0. The van der Waals surface area contributed by atoms with E-state index >= 15 is 0 Å². The number of benzene rings is 2. The summed E-state index contributed by atoms with van der Waals surface area (Å²) < 4.78 is 1.87. The molecule has 1 atom stereocenters. The third-order valence-electron chi connectivity index (χ3n) is 6.05. The molecule has 6 nitrogen and oxygen atoms in total. The number of imidazole rings is 1. The van der Waals surface area contributed by atoms with Crippen LogP contribution in [0.25, 0.3) is 11.0 Å². The van der Waals surface area contributed by atoms with E-state index in [9.17, 15) is 9.59 Å². The molecule has 2 amide bonds. The Bertz CT molecular complexity index is 1100. The van der Waals surface area contributed by atoms with Crippen molar-refractivity contribution >= 4 is 40.1 Å². The van der Waals surface area contributed by atoms with E-state index in [2.05, 4.69) is 5.32 Å². The highest BCUT2D eigenvalue weighted by molar-refractivity contribution is 6.30. The van der Waals surface area contributed by atoms with E-state index in [0.29, 0.717) is 16.5 Å². The third-order valence-corrected chi connectivity index (χ3v) is 6.31. The molecule has 2 heterocycles. The molecule has 1 unspecified atom stereocenters. The Hall–Kier alpha value is -2.86. The minimum atomic E-state index is -0.818. The quantitative estimate of drug-likeness (QED) is 0.686. The van der Waals surface area contributed by atoms with Crippen LogP contribution in [0, 0.1) is 0 Å². The average Bonchev–Trinajstić information content (AvgIpc) is 3.12. The number of hydrogen-bond donors (Lipinski definition) is 1. The minimum absolute atomic E-state index is 0.142. The normalized spacial score (nSPS) is 19.7. The Morgan fingerprint density at radius 2 is 1.77 bits per heavy atom. The molecule has 1 aliphatic carbocycles. The van der Waals surface area contributed by atoms with Crippen molar-refractivity contribution in [1.29, 1.82) is 0 Å². The van der Waals surface area contributed by atoms with Gasteiger partial charge in [0.1, 0.15) is 12.4 Å². The zero-order valence-corrected chi connectivity index (χ0v) is 17.3. The first kappa shape index (κ1) is 19.1. The number of nitrogens with zero attached hydrogens (tertiary/aromatic N) is 3. The highest BCUT2D eigenvalue weighted by atomic mass is 35.5. The molecule has 154 valence electrons. The summed E-state index contributed by atoms with van der Waals surface area (Å²) in [6, 6.07) is 14.0. The maximum absolute atomic E-state index is 13.5. The molecule has 0 bridgehead atoms. The molecule has 5 rings (SSSR count). The molecule has 1 aromatic heterocycles. The van der Waals surface area contributed by atoms with E-state index in [1.807, 2.05) is 28.8 Å². The molecule has 1 fully saturated rings. The van der Waals surface area contributed by atoms with Gasteiger partial charge in [0.2, 0.25) is 5.91 Å². The van der Waals surface area contributed by atoms with Gasteiger partial charge < -0.3 is 9.88 Å². The van der Waals surface area contributed by atoms with E-state index in [1.165, 1.54) is 6.42 Å². The van der Waals surface area contributed by atoms with Crippen molar-refractivity contribution in [2.75, 3.05) is 4.90 Å². The summed E-state index contributed by atoms with van der Waals surface area (Å²) in [4.78, 5) is 33.1. The van der Waals surface area contributed by atoms with Gasteiger partial charge in [-0.05, 0) is 49.2 Å². The molecule has 30 heavy (non-hydrogen) atoms. The number of anilines is 1. The van der Waals surface area contributed by atoms with Crippen molar-refractivity contribution in [3.05, 3.63) is 59.4 Å². The van der Waals surface area contributed by atoms with Crippen LogP contribution in [-0.4, -0.2) is 27.4 Å². The molecule has 3 aromatic rings. The molecular formula is C23H23ClN4O2. The van der Waals surface area contributed by atoms with E-state index < -0.39 is 6.04 Å². The lowest BCUT2D eigenvalue weighted by molar-refractivity contribution is -0.128. The monoisotopic (exact) mass is 422 g/mol. The molecule has 1 N–H and O–H groups in total. The number of halogens is 1. The molecule has 2 aliphatic rings. The number of aromatic nitrogens is 2. The standard InChI is InChI=1S/C23H23ClN4O2/c24-15-10-12-17(13-11-15)28-20(29)14-27-19-9-5-4-8-18(19)26-22(27)21(28)23(30)25-16-6-2-1-3-7-16/h4-5,8-13,16,21H,1-3,6-7,14H2,(H,25,30). The zero-order valence-electron chi connectivity index (χ0n) is 16.6. The van der Waals surface area contributed by atoms with Gasteiger partial charge in [0, 0.05) is 16.8 Å². The van der Waals surface area contributed by atoms with E-state index in [4.69, 9.17) is 16.6 Å². The fourth-order valence-electron chi connectivity index (χ4n) is 4.60. The largest absolute Gasteiger partial charge is 0.351 e. The minimum Gasteiger partial charge on any atom is -0.351 e. The molecule has 0 saturated heterocycles. The summed E-state index contributed by atoms with van der Waals surface area (Å²) in [6.45, 7) is 0.145. The summed E-state index contributed by atoms with van der Waals surface area (Å²) in [5, 5.41) is 3.78. The van der Waals surface area contributed by atoms with Crippen LogP contribution in [0.4, 0.5) is 5.69 Å². The first-order valence-electron chi connectivity index (χ1n) is 10.4. The molecule has 2 aromatic carbocycles. The molecule has 1 saturated carbocycles. The summed E-state index contributed by atoms with van der Waals surface area (Å²) >= 11 is 6.05. The predicted molar refractivity (Wildman–Crippen MR) is 116 cm³/mol. The second-order valence-corrected chi connectivity index (χ2v) is 8.47. The van der Waals surface area contributed by atoms with Gasteiger partial charge in [0.05, 0.1) is 11.0 Å². The maximum atomic E-state index is 13.5. The van der Waals surface area contributed by atoms with Crippen molar-refractivity contribution in [2.24, 2.45) is 0 Å². The van der Waals surface area contributed by atoms with E-state index in [-0.39, 0.29) is 24.4 Å². The topological polar surface area (TPSA) is 67.2 Å². The number of nitrogens with one attached hydrogen (secondary N) is 1. The van der Waals surface area contributed by atoms with Gasteiger partial charge in [-0.3, -0.25) is 14.5 Å². The average molecular weight is 423 g/mol. The number of amides is 2. The van der Waals surface area contributed by atoms with Crippen LogP contribution in [0.3, 0.4) is 0 Å². The van der Waals surface area contributed by atoms with Crippen LogP contribution in [0.5, 0.6) is 0 Å². The van der Waals surface area contributed by atoms with Crippen molar-refractivity contribution in [1.82, 2.24) is 14.9 Å². The van der Waals surface area contributed by atoms with Gasteiger partial charge in [0.15, 0.2) is 6.04 Å². The summed E-state index contributed by atoms with van der Waals surface area (Å²) in [5.74, 6) is 0.275. The smallest absolute Gasteiger partial charge is 0.251 e. The number of para-hydroxylation sites is 2. The van der Waals surface area contributed by atoms with Gasteiger partial charge >= 0.3 is 0 Å². The highest BCUT2D eigenvalue weighted by Gasteiger charge is 2.41. The second-order valence-electron chi connectivity index (χ2n) is 8.03. The molecule has 0 spiro atoms. The lowest BCUT2D eigenvalue weighted by atomic mass is 9.95. The van der Waals surface area contributed by atoms with Crippen molar-refractivity contribution in [3.8, 4) is 0 Å². The lowest BCUT2D eigenvalue weighted by Crippen LogP contribution is -2.51. The molecule has 0 radical (unpaired) electrons. The SMILES string of the molecule is O=C(NC1CCCCC1)C1c2nc3ccccc3n2CC(=O)N1c1ccc(Cl)cc1. The Morgan fingerprint density at radius 1 is 1.03 bits per heavy atom. The van der Waals surface area contributed by atoms with Gasteiger partial charge in [-0.15, -0.1) is 0 Å². The second kappa shape index (κ2) is 7.76. The Balaban J connectivity index is 1.59. The van der Waals surface area contributed by atoms with Crippen LogP contribution < -0.4 is 10.2 Å². The van der Waals surface area contributed by atoms with Crippen molar-refractivity contribution in [2.45, 2.75) is 50.7 Å². The van der Waals surface area contributed by atoms with Crippen LogP contribution >= 0.6 is 11.6 Å². The Kier molecular flexibility index (Phi) is 4.95. The van der Waals surface area contributed by atoms with Gasteiger partial charge in [-0.2, -0.15) is 0 Å². The number of carbonyl (C=O) groups excluding carboxylic acids is 2. The highest BCUT2D eigenvalue weighted by Crippen LogP contribution is 2.34. The molecule has 7 heteroatoms. The fourth-order valence-corrected chi connectivity index (χ4v) is 4.72. The van der Waals surface area contributed by atoms with Gasteiger partial charge in [-0.25, -0.2) is 4.98 Å². The lowest BCUT2D eigenvalue weighted by Gasteiger charge is -2.36. The zero-order chi connectivity index (χ0) is 20.7. The van der Waals surface area contributed by atoms with Gasteiger partial charge in [-0.1, -0.05) is 43.0 Å². The van der Waals surface area contributed by atoms with Crippen LogP contribution in [0.2, 0.25) is 5.02 Å². The van der Waals surface area contributed by atoms with Crippen molar-refractivity contribution < 1.29 is 9.59 Å². The first-order valence-corrected chi connectivity index (χ1v) is 10.8. The van der Waals surface area contributed by atoms with Crippen LogP contribution in [0.15, 0.2) is 48.5 Å². The third kappa shape index (κ3) is 3.35. The number of fused-ring (bicyclic) bond motifs is 3. The summed E-state index contributed by atoms with van der Waals surface area (Å²) in [6.07, 6.45) is 5.40. The van der Waals surface area contributed by atoms with Gasteiger partial charge in [0.25, 0.3) is 5.91 Å².